The number of aryl methyl sites for hydroxylation is 1. The molecule has 5 nitrogen and oxygen atoms in total. The number of hydrogen-bond acceptors (Lipinski definition) is 3. The Kier molecular flexibility index (Phi) is 3.41. The molecule has 0 saturated carbocycles. The van der Waals surface area contributed by atoms with E-state index in [4.69, 9.17) is 0 Å². The molecule has 0 N–H and O–H groups in total. The fraction of sp³-hybridized carbons (Fsp3) is 0.211. The molecule has 0 aliphatic carbocycles. The standard InChI is InChI=1S/C19H18N4O/c1-13-7-14-5-3-4-6-18(14)23(13)19(24)16-8-15(9-20-10-16)17-11-21-22(2)12-17/h3-6,8-13H,7H2,1-2H3. The van der Waals surface area contributed by atoms with E-state index in [1.165, 1.54) is 5.56 Å². The summed E-state index contributed by atoms with van der Waals surface area (Å²) in [5.74, 6) is -0.00862. The highest BCUT2D eigenvalue weighted by Gasteiger charge is 2.31. The molecule has 0 bridgehead atoms. The smallest absolute Gasteiger partial charge is 0.260 e. The van der Waals surface area contributed by atoms with Gasteiger partial charge < -0.3 is 4.90 Å². The Morgan fingerprint density at radius 3 is 2.79 bits per heavy atom. The molecule has 0 spiro atoms. The monoisotopic (exact) mass is 318 g/mol. The first-order valence-corrected chi connectivity index (χ1v) is 7.99. The summed E-state index contributed by atoms with van der Waals surface area (Å²) in [6, 6.07) is 10.1. The summed E-state index contributed by atoms with van der Waals surface area (Å²) >= 11 is 0. The minimum Gasteiger partial charge on any atom is -0.305 e. The number of rotatable bonds is 2. The van der Waals surface area contributed by atoms with Gasteiger partial charge in [0.25, 0.3) is 5.91 Å². The Morgan fingerprint density at radius 2 is 2.00 bits per heavy atom. The topological polar surface area (TPSA) is 51.0 Å². The predicted molar refractivity (Wildman–Crippen MR) is 92.9 cm³/mol. The Hall–Kier alpha value is -2.95. The number of pyridine rings is 1. The van der Waals surface area contributed by atoms with E-state index in [2.05, 4.69) is 23.1 Å². The van der Waals surface area contributed by atoms with E-state index in [1.807, 2.05) is 42.4 Å². The fourth-order valence-corrected chi connectivity index (χ4v) is 3.30. The lowest BCUT2D eigenvalue weighted by molar-refractivity contribution is 0.0981. The Balaban J connectivity index is 1.71. The van der Waals surface area contributed by atoms with Gasteiger partial charge in [-0.25, -0.2) is 0 Å². The molecule has 24 heavy (non-hydrogen) atoms. The first-order chi connectivity index (χ1) is 11.6. The van der Waals surface area contributed by atoms with Gasteiger partial charge in [-0.2, -0.15) is 5.10 Å². The van der Waals surface area contributed by atoms with Crippen molar-refractivity contribution in [3.05, 3.63) is 66.2 Å². The van der Waals surface area contributed by atoms with Crippen LogP contribution in [-0.4, -0.2) is 26.7 Å². The van der Waals surface area contributed by atoms with E-state index in [9.17, 15) is 4.79 Å². The molecule has 4 rings (SSSR count). The Morgan fingerprint density at radius 1 is 1.17 bits per heavy atom. The first-order valence-electron chi connectivity index (χ1n) is 7.99. The van der Waals surface area contributed by atoms with Crippen LogP contribution in [0.25, 0.3) is 11.1 Å². The molecule has 5 heteroatoms. The molecule has 120 valence electrons. The summed E-state index contributed by atoms with van der Waals surface area (Å²) in [4.78, 5) is 19.2. The van der Waals surface area contributed by atoms with Gasteiger partial charge in [0.15, 0.2) is 0 Å². The van der Waals surface area contributed by atoms with Crippen molar-refractivity contribution < 1.29 is 4.79 Å². The van der Waals surface area contributed by atoms with Crippen LogP contribution in [0.4, 0.5) is 5.69 Å². The van der Waals surface area contributed by atoms with Crippen molar-refractivity contribution in [3.63, 3.8) is 0 Å². The third-order valence-corrected chi connectivity index (χ3v) is 4.45. The lowest BCUT2D eigenvalue weighted by atomic mass is 10.1. The Labute approximate surface area is 140 Å². The zero-order valence-electron chi connectivity index (χ0n) is 13.7. The van der Waals surface area contributed by atoms with Crippen LogP contribution >= 0.6 is 0 Å². The van der Waals surface area contributed by atoms with Gasteiger partial charge in [-0.3, -0.25) is 14.5 Å². The number of amides is 1. The molecule has 1 aromatic carbocycles. The Bertz CT molecular complexity index is 915. The number of para-hydroxylation sites is 1. The molecular formula is C19H18N4O. The molecule has 3 heterocycles. The van der Waals surface area contributed by atoms with Crippen molar-refractivity contribution in [2.45, 2.75) is 19.4 Å². The van der Waals surface area contributed by atoms with Crippen LogP contribution in [0, 0.1) is 0 Å². The lowest BCUT2D eigenvalue weighted by Gasteiger charge is -2.22. The molecular weight excluding hydrogens is 300 g/mol. The van der Waals surface area contributed by atoms with Crippen LogP contribution in [-0.2, 0) is 13.5 Å². The number of nitrogens with zero attached hydrogens (tertiary/aromatic N) is 4. The molecule has 2 aromatic heterocycles. The van der Waals surface area contributed by atoms with E-state index in [0.29, 0.717) is 5.56 Å². The van der Waals surface area contributed by atoms with Crippen LogP contribution in [0.1, 0.15) is 22.8 Å². The average Bonchev–Trinajstić information content (AvgIpc) is 3.17. The summed E-state index contributed by atoms with van der Waals surface area (Å²) in [7, 11) is 1.87. The maximum absolute atomic E-state index is 13.1. The summed E-state index contributed by atoms with van der Waals surface area (Å²) < 4.78 is 1.74. The second-order valence-corrected chi connectivity index (χ2v) is 6.22. The highest BCUT2D eigenvalue weighted by Crippen LogP contribution is 2.33. The highest BCUT2D eigenvalue weighted by molar-refractivity contribution is 6.08. The van der Waals surface area contributed by atoms with Gasteiger partial charge in [0.2, 0.25) is 0 Å². The minimum absolute atomic E-state index is 0.00862. The van der Waals surface area contributed by atoms with Crippen molar-refractivity contribution in [3.8, 4) is 11.1 Å². The number of carbonyl (C=O) groups excluding carboxylic acids is 1. The van der Waals surface area contributed by atoms with Gasteiger partial charge >= 0.3 is 0 Å². The van der Waals surface area contributed by atoms with E-state index >= 15 is 0 Å². The predicted octanol–water partition coefficient (Wildman–Crippen LogP) is 3.07. The highest BCUT2D eigenvalue weighted by atomic mass is 16.2. The van der Waals surface area contributed by atoms with Crippen molar-refractivity contribution in [1.82, 2.24) is 14.8 Å². The maximum atomic E-state index is 13.1. The van der Waals surface area contributed by atoms with Crippen molar-refractivity contribution in [1.29, 1.82) is 0 Å². The van der Waals surface area contributed by atoms with Crippen LogP contribution in [0.5, 0.6) is 0 Å². The zero-order valence-corrected chi connectivity index (χ0v) is 13.7. The number of aromatic nitrogens is 3. The molecule has 3 aromatic rings. The quantitative estimate of drug-likeness (QED) is 0.729. The zero-order chi connectivity index (χ0) is 16.7. The van der Waals surface area contributed by atoms with Gasteiger partial charge in [0.05, 0.1) is 11.8 Å². The second kappa shape index (κ2) is 5.60. The minimum atomic E-state index is -0.00862. The normalized spacial score (nSPS) is 16.2. The third-order valence-electron chi connectivity index (χ3n) is 4.45. The second-order valence-electron chi connectivity index (χ2n) is 6.22. The number of benzene rings is 1. The molecule has 1 aliphatic heterocycles. The average molecular weight is 318 g/mol. The lowest BCUT2D eigenvalue weighted by Crippen LogP contribution is -2.35. The van der Waals surface area contributed by atoms with E-state index in [-0.39, 0.29) is 11.9 Å². The van der Waals surface area contributed by atoms with Gasteiger partial charge in [-0.1, -0.05) is 18.2 Å². The van der Waals surface area contributed by atoms with Crippen LogP contribution in [0.3, 0.4) is 0 Å². The summed E-state index contributed by atoms with van der Waals surface area (Å²) in [5.41, 5.74) is 4.67. The molecule has 1 atom stereocenters. The van der Waals surface area contributed by atoms with Crippen molar-refractivity contribution >= 4 is 11.6 Å². The third kappa shape index (κ3) is 2.38. The molecule has 0 saturated heterocycles. The van der Waals surface area contributed by atoms with Crippen LogP contribution < -0.4 is 4.90 Å². The van der Waals surface area contributed by atoms with Crippen LogP contribution in [0.2, 0.25) is 0 Å². The summed E-state index contributed by atoms with van der Waals surface area (Å²) in [6.07, 6.45) is 7.97. The van der Waals surface area contributed by atoms with Crippen molar-refractivity contribution in [2.24, 2.45) is 7.05 Å². The largest absolute Gasteiger partial charge is 0.305 e. The van der Waals surface area contributed by atoms with Crippen molar-refractivity contribution in [2.75, 3.05) is 4.90 Å². The number of fused-ring (bicyclic) bond motifs is 1. The van der Waals surface area contributed by atoms with Gasteiger partial charge in [0.1, 0.15) is 0 Å². The van der Waals surface area contributed by atoms with E-state index in [1.54, 1.807) is 23.3 Å². The molecule has 0 fully saturated rings. The summed E-state index contributed by atoms with van der Waals surface area (Å²) in [6.45, 7) is 2.08. The van der Waals surface area contributed by atoms with Gasteiger partial charge in [-0.05, 0) is 31.0 Å². The summed E-state index contributed by atoms with van der Waals surface area (Å²) in [5, 5.41) is 4.18. The fourth-order valence-electron chi connectivity index (χ4n) is 3.30. The molecule has 0 radical (unpaired) electrons. The SMILES string of the molecule is CC1Cc2ccccc2N1C(=O)c1cncc(-c2cnn(C)c2)c1. The number of hydrogen-bond donors (Lipinski definition) is 0. The maximum Gasteiger partial charge on any atom is 0.260 e. The molecule has 1 amide bonds. The van der Waals surface area contributed by atoms with E-state index < -0.39 is 0 Å². The molecule has 1 unspecified atom stereocenters. The molecule has 1 aliphatic rings. The van der Waals surface area contributed by atoms with Gasteiger partial charge in [0, 0.05) is 48.5 Å². The first kappa shape index (κ1) is 14.6. The van der Waals surface area contributed by atoms with E-state index in [0.717, 1.165) is 23.2 Å². The van der Waals surface area contributed by atoms with Crippen LogP contribution in [0.15, 0.2) is 55.1 Å². The number of anilines is 1. The number of carbonyl (C=O) groups is 1. The van der Waals surface area contributed by atoms with Gasteiger partial charge in [-0.15, -0.1) is 0 Å².